The van der Waals surface area contributed by atoms with Gasteiger partial charge >= 0.3 is 18.3 Å². The molecule has 0 saturated carbocycles. The van der Waals surface area contributed by atoms with Gasteiger partial charge in [0.25, 0.3) is 0 Å². The summed E-state index contributed by atoms with van der Waals surface area (Å²) >= 11 is 0. The monoisotopic (exact) mass is 532 g/mol. The lowest BCUT2D eigenvalue weighted by Gasteiger charge is -2.05. The van der Waals surface area contributed by atoms with Crippen LogP contribution in [0.1, 0.15) is 14.9 Å². The van der Waals surface area contributed by atoms with Crippen molar-refractivity contribution in [2.24, 2.45) is 0 Å². The summed E-state index contributed by atoms with van der Waals surface area (Å²) in [6.45, 7) is 3.45. The molecule has 0 aromatic heterocycles. The van der Waals surface area contributed by atoms with Gasteiger partial charge in [0.2, 0.25) is 0 Å². The van der Waals surface area contributed by atoms with Gasteiger partial charge in [0.1, 0.15) is 39.1 Å². The number of terminal acetylenes is 1. The fraction of sp³-hybridized carbons (Fsp3) is 0.667. The average molecular weight is 533 g/mol. The topological polar surface area (TPSA) is 243 Å². The van der Waals surface area contributed by atoms with Crippen LogP contribution in [0.3, 0.4) is 0 Å². The molecule has 0 radical (unpaired) electrons. The Balaban J connectivity index is -0.000000117. The van der Waals surface area contributed by atoms with Crippen LogP contribution in [0.4, 0.5) is 9.59 Å². The van der Waals surface area contributed by atoms with E-state index in [9.17, 15) is 14.4 Å². The van der Waals surface area contributed by atoms with Gasteiger partial charge in [-0.05, 0) is 0 Å². The number of hydrogen-bond donors (Lipinski definition) is 5. The van der Waals surface area contributed by atoms with E-state index in [1.807, 2.05) is 5.92 Å². The number of aliphatic hydroxyl groups is 5. The van der Waals surface area contributed by atoms with E-state index in [1.54, 1.807) is 0 Å². The first-order valence-electron chi connectivity index (χ1n) is 9.34. The molecule has 15 nitrogen and oxygen atoms in total. The highest BCUT2D eigenvalue weighted by atomic mass is 16.8. The van der Waals surface area contributed by atoms with E-state index in [4.69, 9.17) is 25.5 Å². The number of ether oxygens (including phenoxy) is 6. The molecule has 0 spiro atoms. The standard InChI is InChI=1S/C6H8O6.C4H6O4.C3H6O2.C3H6O.C3H4O.2CH4.H2O/c7-1-5(8)10-2-4-3-11-6(9)12-4;5-1-3-2-7-4(6)8-3;4-1-3-2-5-3;2*1-2-3-4;;;/h4,7H,1-3H2;3,5H,1-2H2;3-4H,1-2H2;2,4H,1,3H2;1,4H,3H2;2*1H4;1H2. The average Bonchev–Trinajstić information content (AvgIpc) is 3.46. The van der Waals surface area contributed by atoms with Gasteiger partial charge in [0.15, 0.2) is 12.2 Å². The van der Waals surface area contributed by atoms with Crippen LogP contribution in [0.5, 0.6) is 0 Å². The first kappa shape index (κ1) is 43.1. The molecule has 3 aliphatic rings. The number of epoxide rings is 1. The molecular formula is C21H40O15. The Hall–Kier alpha value is -2.97. The molecule has 0 aromatic rings. The molecule has 0 bridgehead atoms. The summed E-state index contributed by atoms with van der Waals surface area (Å²) in [5, 5.41) is 40.1. The van der Waals surface area contributed by atoms with Crippen LogP contribution >= 0.6 is 0 Å². The van der Waals surface area contributed by atoms with E-state index in [-0.39, 0.29) is 72.7 Å². The summed E-state index contributed by atoms with van der Waals surface area (Å²) in [4.78, 5) is 30.8. The van der Waals surface area contributed by atoms with Crippen LogP contribution in [-0.4, -0.2) is 127 Å². The normalized spacial score (nSPS) is 19.2. The zero-order valence-corrected chi connectivity index (χ0v) is 18.4. The Kier molecular flexibility index (Phi) is 36.0. The number of esters is 1. The second-order valence-corrected chi connectivity index (χ2v) is 5.60. The predicted molar refractivity (Wildman–Crippen MR) is 125 cm³/mol. The molecule has 0 aliphatic carbocycles. The van der Waals surface area contributed by atoms with Crippen molar-refractivity contribution in [1.82, 2.24) is 0 Å². The quantitative estimate of drug-likeness (QED) is 0.0831. The second kappa shape index (κ2) is 30.1. The Morgan fingerprint density at radius 2 is 1.39 bits per heavy atom. The first-order valence-corrected chi connectivity index (χ1v) is 9.34. The lowest BCUT2D eigenvalue weighted by Crippen LogP contribution is -2.22. The number of cyclic esters (lactones) is 4. The number of rotatable bonds is 6. The van der Waals surface area contributed by atoms with E-state index in [0.717, 1.165) is 6.61 Å². The summed E-state index contributed by atoms with van der Waals surface area (Å²) in [5.74, 6) is 1.23. The summed E-state index contributed by atoms with van der Waals surface area (Å²) < 4.78 is 26.8. The number of carbonyl (C=O) groups excluding carboxylic acids is 3. The van der Waals surface area contributed by atoms with Crippen LogP contribution in [0.2, 0.25) is 0 Å². The van der Waals surface area contributed by atoms with Crippen molar-refractivity contribution in [2.75, 3.05) is 59.5 Å². The molecule has 3 fully saturated rings. The van der Waals surface area contributed by atoms with Gasteiger partial charge < -0.3 is 59.4 Å². The Morgan fingerprint density at radius 3 is 1.58 bits per heavy atom. The van der Waals surface area contributed by atoms with Crippen molar-refractivity contribution in [3.8, 4) is 12.3 Å². The minimum absolute atomic E-state index is 0. The maximum atomic E-state index is 10.4. The molecule has 214 valence electrons. The molecule has 3 atom stereocenters. The highest BCUT2D eigenvalue weighted by molar-refractivity contribution is 5.70. The molecule has 0 amide bonds. The summed E-state index contributed by atoms with van der Waals surface area (Å²) in [6, 6.07) is 0. The maximum Gasteiger partial charge on any atom is 0.508 e. The molecule has 0 aromatic carbocycles. The number of carbonyl (C=O) groups is 3. The zero-order valence-electron chi connectivity index (χ0n) is 18.4. The number of aliphatic hydroxyl groups excluding tert-OH is 5. The van der Waals surface area contributed by atoms with Gasteiger partial charge in [0.05, 0.1) is 26.4 Å². The van der Waals surface area contributed by atoms with Crippen molar-refractivity contribution in [3.05, 3.63) is 12.7 Å². The van der Waals surface area contributed by atoms with Gasteiger partial charge in [-0.2, -0.15) is 0 Å². The molecule has 3 aliphatic heterocycles. The van der Waals surface area contributed by atoms with Gasteiger partial charge in [-0.25, -0.2) is 14.4 Å². The first-order chi connectivity index (χ1) is 15.8. The fourth-order valence-corrected chi connectivity index (χ4v) is 1.31. The third kappa shape index (κ3) is 29.1. The van der Waals surface area contributed by atoms with Crippen molar-refractivity contribution in [1.29, 1.82) is 0 Å². The smallest absolute Gasteiger partial charge is 0.460 e. The van der Waals surface area contributed by atoms with E-state index in [1.165, 1.54) is 6.08 Å². The summed E-state index contributed by atoms with van der Waals surface area (Å²) in [6.07, 6.45) is 3.70. The summed E-state index contributed by atoms with van der Waals surface area (Å²) in [7, 11) is 0. The lowest BCUT2D eigenvalue weighted by atomic mass is 10.4. The third-order valence-electron chi connectivity index (χ3n) is 2.89. The largest absolute Gasteiger partial charge is 0.508 e. The van der Waals surface area contributed by atoms with Gasteiger partial charge in [-0.1, -0.05) is 26.8 Å². The fourth-order valence-electron chi connectivity index (χ4n) is 1.31. The molecule has 3 unspecified atom stereocenters. The highest BCUT2D eigenvalue weighted by Crippen LogP contribution is 2.06. The van der Waals surface area contributed by atoms with E-state index >= 15 is 0 Å². The van der Waals surface area contributed by atoms with Crippen LogP contribution in [0.25, 0.3) is 0 Å². The maximum absolute atomic E-state index is 10.4. The van der Waals surface area contributed by atoms with Gasteiger partial charge in [0, 0.05) is 0 Å². The SMILES string of the molecule is C.C.C#CCO.C=CCO.O.O=C(CO)OCC1COC(=O)O1.O=C1OCC(CO)O1.OCC1CO1. The third-order valence-corrected chi connectivity index (χ3v) is 2.89. The Labute approximate surface area is 210 Å². The van der Waals surface area contributed by atoms with Crippen LogP contribution in [-0.2, 0) is 33.2 Å². The predicted octanol–water partition coefficient (Wildman–Crippen LogP) is -1.83. The molecule has 15 heteroatoms. The van der Waals surface area contributed by atoms with Crippen molar-refractivity contribution >= 4 is 18.3 Å². The lowest BCUT2D eigenvalue weighted by molar-refractivity contribution is -0.149. The minimum atomic E-state index is -0.764. The number of hydrogen-bond acceptors (Lipinski definition) is 14. The summed E-state index contributed by atoms with van der Waals surface area (Å²) in [5.41, 5.74) is 0. The molecule has 7 N–H and O–H groups in total. The molecular weight excluding hydrogens is 492 g/mol. The highest BCUT2D eigenvalue weighted by Gasteiger charge is 2.26. The minimum Gasteiger partial charge on any atom is -0.460 e. The Bertz CT molecular complexity index is 586. The van der Waals surface area contributed by atoms with Crippen molar-refractivity contribution < 1.29 is 73.8 Å². The molecule has 36 heavy (non-hydrogen) atoms. The van der Waals surface area contributed by atoms with Gasteiger partial charge in [-0.15, -0.1) is 13.0 Å². The molecule has 3 saturated heterocycles. The van der Waals surface area contributed by atoms with E-state index in [2.05, 4.69) is 41.4 Å². The Morgan fingerprint density at radius 1 is 0.972 bits per heavy atom. The zero-order chi connectivity index (χ0) is 25.5. The van der Waals surface area contributed by atoms with Crippen molar-refractivity contribution in [2.45, 2.75) is 33.2 Å². The van der Waals surface area contributed by atoms with Crippen LogP contribution < -0.4 is 0 Å². The molecule has 3 heterocycles. The van der Waals surface area contributed by atoms with E-state index < -0.39 is 37.1 Å². The van der Waals surface area contributed by atoms with Crippen molar-refractivity contribution in [3.63, 3.8) is 0 Å². The van der Waals surface area contributed by atoms with Crippen LogP contribution in [0.15, 0.2) is 12.7 Å². The van der Waals surface area contributed by atoms with Gasteiger partial charge in [-0.3, -0.25) is 0 Å². The molecule has 3 rings (SSSR count). The second-order valence-electron chi connectivity index (χ2n) is 5.60. The van der Waals surface area contributed by atoms with E-state index in [0.29, 0.717) is 0 Å². The van der Waals surface area contributed by atoms with Crippen LogP contribution in [0, 0.1) is 12.3 Å².